The van der Waals surface area contributed by atoms with Gasteiger partial charge in [-0.05, 0) is 49.6 Å². The van der Waals surface area contributed by atoms with Crippen LogP contribution in [0.5, 0.6) is 0 Å². The molecule has 2 aromatic rings. The van der Waals surface area contributed by atoms with Gasteiger partial charge in [-0.1, -0.05) is 36.4 Å². The summed E-state index contributed by atoms with van der Waals surface area (Å²) in [7, 11) is 0. The molecule has 8 nitrogen and oxygen atoms in total. The Hall–Kier alpha value is -4.07. The number of alkyl carbamates (subject to hydrolysis) is 1. The largest absolute Gasteiger partial charge is 0.471 e. The lowest BCUT2D eigenvalue weighted by atomic mass is 10.0. The predicted octanol–water partition coefficient (Wildman–Crippen LogP) is 3.49. The highest BCUT2D eigenvalue weighted by Gasteiger charge is 2.38. The van der Waals surface area contributed by atoms with Gasteiger partial charge < -0.3 is 20.7 Å². The molecule has 0 aliphatic rings. The van der Waals surface area contributed by atoms with Crippen LogP contribution in [-0.4, -0.2) is 35.7 Å². The van der Waals surface area contributed by atoms with Crippen molar-refractivity contribution in [2.75, 3.05) is 0 Å². The third-order valence-corrected chi connectivity index (χ3v) is 4.73. The van der Waals surface area contributed by atoms with Crippen LogP contribution in [0.2, 0.25) is 0 Å². The molecule has 1 atom stereocenters. The van der Waals surface area contributed by atoms with Gasteiger partial charge in [-0.25, -0.2) is 4.79 Å². The summed E-state index contributed by atoms with van der Waals surface area (Å²) in [5, 5.41) is 16.0. The van der Waals surface area contributed by atoms with Crippen LogP contribution in [0.3, 0.4) is 0 Å². The van der Waals surface area contributed by atoms with E-state index in [1.807, 2.05) is 6.07 Å². The van der Waals surface area contributed by atoms with Gasteiger partial charge in [0.1, 0.15) is 11.6 Å². The molecule has 36 heavy (non-hydrogen) atoms. The number of carbonyl (C=O) groups excluding carboxylic acids is 3. The molecule has 0 aliphatic carbocycles. The molecule has 2 rings (SSSR count). The number of nitrogens with zero attached hydrogens (tertiary/aromatic N) is 1. The lowest BCUT2D eigenvalue weighted by Crippen LogP contribution is -2.49. The first-order valence-electron chi connectivity index (χ1n) is 11.0. The molecule has 0 saturated heterocycles. The quantitative estimate of drug-likeness (QED) is 0.508. The molecular formula is C25H27F3N4O4. The Bertz CT molecular complexity index is 1100. The molecule has 192 valence electrons. The second-order valence-corrected chi connectivity index (χ2v) is 8.93. The van der Waals surface area contributed by atoms with Crippen LogP contribution in [0.4, 0.5) is 18.0 Å². The van der Waals surface area contributed by atoms with Gasteiger partial charge in [0.05, 0.1) is 11.6 Å². The van der Waals surface area contributed by atoms with Crippen molar-refractivity contribution in [3.05, 3.63) is 70.8 Å². The summed E-state index contributed by atoms with van der Waals surface area (Å²) >= 11 is 0. The Morgan fingerprint density at radius 2 is 1.39 bits per heavy atom. The summed E-state index contributed by atoms with van der Waals surface area (Å²) in [5.74, 6) is -2.51. The molecular weight excluding hydrogens is 477 g/mol. The van der Waals surface area contributed by atoms with Gasteiger partial charge in [-0.2, -0.15) is 18.4 Å². The molecule has 0 fully saturated rings. The number of ether oxygens (including phenoxy) is 1. The van der Waals surface area contributed by atoms with Crippen LogP contribution in [0, 0.1) is 11.3 Å². The van der Waals surface area contributed by atoms with E-state index in [4.69, 9.17) is 10.00 Å². The van der Waals surface area contributed by atoms with Crippen LogP contribution in [0.25, 0.3) is 0 Å². The van der Waals surface area contributed by atoms with Crippen LogP contribution in [0.15, 0.2) is 48.5 Å². The average Bonchev–Trinajstić information content (AvgIpc) is 2.80. The summed E-state index contributed by atoms with van der Waals surface area (Å²) < 4.78 is 42.3. The van der Waals surface area contributed by atoms with Crippen LogP contribution >= 0.6 is 0 Å². The van der Waals surface area contributed by atoms with E-state index in [9.17, 15) is 27.6 Å². The van der Waals surface area contributed by atoms with Crippen molar-refractivity contribution in [2.24, 2.45) is 0 Å². The maximum absolute atomic E-state index is 12.9. The number of benzene rings is 2. The SMILES string of the molecule is CC(C)(C)OC(=O)N[C@@H](Cc1ccc(CNC(=O)C(F)(F)F)cc1)C(=O)NCc1ccc(C#N)cc1. The van der Waals surface area contributed by atoms with Gasteiger partial charge in [0.15, 0.2) is 0 Å². The third kappa shape index (κ3) is 9.66. The Labute approximate surface area is 206 Å². The maximum Gasteiger partial charge on any atom is 0.471 e. The van der Waals surface area contributed by atoms with E-state index < -0.39 is 35.7 Å². The van der Waals surface area contributed by atoms with Gasteiger partial charge in [-0.15, -0.1) is 0 Å². The number of hydrogen-bond donors (Lipinski definition) is 3. The minimum Gasteiger partial charge on any atom is -0.444 e. The molecule has 2 aromatic carbocycles. The number of nitriles is 1. The standard InChI is InChI=1S/C25H27F3N4O4/c1-24(2,3)36-23(35)32-20(21(33)30-14-18-10-6-17(13-29)7-11-18)12-16-4-8-19(9-5-16)15-31-22(34)25(26,27)28/h4-11,20H,12,14-15H2,1-3H3,(H,30,33)(H,31,34)(H,32,35)/t20-/m0/s1. The number of alkyl halides is 3. The Morgan fingerprint density at radius 3 is 1.89 bits per heavy atom. The summed E-state index contributed by atoms with van der Waals surface area (Å²) in [6.45, 7) is 4.90. The number of amides is 3. The Balaban J connectivity index is 2.07. The van der Waals surface area contributed by atoms with Crippen LogP contribution < -0.4 is 16.0 Å². The van der Waals surface area contributed by atoms with Gasteiger partial charge in [0.25, 0.3) is 0 Å². The first kappa shape index (κ1) is 28.2. The van der Waals surface area contributed by atoms with E-state index >= 15 is 0 Å². The monoisotopic (exact) mass is 504 g/mol. The number of nitrogens with one attached hydrogen (secondary N) is 3. The number of carbonyl (C=O) groups is 3. The minimum absolute atomic E-state index is 0.0770. The fourth-order valence-electron chi connectivity index (χ4n) is 2.98. The Morgan fingerprint density at radius 1 is 0.889 bits per heavy atom. The van der Waals surface area contributed by atoms with Crippen molar-refractivity contribution in [3.63, 3.8) is 0 Å². The van der Waals surface area contributed by atoms with Crippen molar-refractivity contribution < 1.29 is 32.3 Å². The van der Waals surface area contributed by atoms with Crippen LogP contribution in [0.1, 0.15) is 43.0 Å². The zero-order chi connectivity index (χ0) is 26.9. The van der Waals surface area contributed by atoms with E-state index in [1.165, 1.54) is 12.1 Å². The minimum atomic E-state index is -4.97. The summed E-state index contributed by atoms with van der Waals surface area (Å²) in [6.07, 6.45) is -5.67. The lowest BCUT2D eigenvalue weighted by molar-refractivity contribution is -0.173. The van der Waals surface area contributed by atoms with Gasteiger partial charge in [0, 0.05) is 19.5 Å². The molecule has 0 unspecified atom stereocenters. The number of rotatable bonds is 8. The fraction of sp³-hybridized carbons (Fsp3) is 0.360. The third-order valence-electron chi connectivity index (χ3n) is 4.73. The molecule has 0 saturated carbocycles. The first-order chi connectivity index (χ1) is 16.8. The van der Waals surface area contributed by atoms with E-state index in [0.29, 0.717) is 16.7 Å². The van der Waals surface area contributed by atoms with Crippen LogP contribution in [-0.2, 0) is 33.8 Å². The molecule has 0 aliphatic heterocycles. The van der Waals surface area contributed by atoms with E-state index in [0.717, 1.165) is 5.56 Å². The van der Waals surface area contributed by atoms with Gasteiger partial charge in [0.2, 0.25) is 5.91 Å². The molecule has 3 amide bonds. The fourth-order valence-corrected chi connectivity index (χ4v) is 2.98. The second kappa shape index (κ2) is 12.1. The summed E-state index contributed by atoms with van der Waals surface area (Å²) in [5.41, 5.74) is 1.50. The van der Waals surface area contributed by atoms with Crippen molar-refractivity contribution in [2.45, 2.75) is 58.1 Å². The normalized spacial score (nSPS) is 12.1. The highest BCUT2D eigenvalue weighted by molar-refractivity contribution is 5.86. The molecule has 0 aromatic heterocycles. The zero-order valence-corrected chi connectivity index (χ0v) is 20.0. The molecule has 3 N–H and O–H groups in total. The van der Waals surface area contributed by atoms with Crippen molar-refractivity contribution in [1.82, 2.24) is 16.0 Å². The molecule has 0 bridgehead atoms. The van der Waals surface area contributed by atoms with E-state index in [2.05, 4.69) is 10.6 Å². The maximum atomic E-state index is 12.9. The molecule has 0 radical (unpaired) electrons. The number of hydrogen-bond acceptors (Lipinski definition) is 5. The summed E-state index contributed by atoms with van der Waals surface area (Å²) in [4.78, 5) is 36.2. The van der Waals surface area contributed by atoms with Crippen molar-refractivity contribution in [1.29, 1.82) is 5.26 Å². The van der Waals surface area contributed by atoms with E-state index in [-0.39, 0.29) is 19.5 Å². The topological polar surface area (TPSA) is 120 Å². The van der Waals surface area contributed by atoms with Crippen molar-refractivity contribution >= 4 is 17.9 Å². The number of halogens is 3. The van der Waals surface area contributed by atoms with E-state index in [1.54, 1.807) is 62.5 Å². The van der Waals surface area contributed by atoms with Crippen molar-refractivity contribution in [3.8, 4) is 6.07 Å². The average molecular weight is 505 g/mol. The first-order valence-corrected chi connectivity index (χ1v) is 11.0. The van der Waals surface area contributed by atoms with Gasteiger partial charge >= 0.3 is 18.2 Å². The second-order valence-electron chi connectivity index (χ2n) is 8.93. The van der Waals surface area contributed by atoms with Gasteiger partial charge in [-0.3, -0.25) is 9.59 Å². The molecule has 11 heteroatoms. The smallest absolute Gasteiger partial charge is 0.444 e. The molecule has 0 heterocycles. The summed E-state index contributed by atoms with van der Waals surface area (Å²) in [6, 6.07) is 13.9. The predicted molar refractivity (Wildman–Crippen MR) is 124 cm³/mol. The zero-order valence-electron chi connectivity index (χ0n) is 20.0. The Kier molecular flexibility index (Phi) is 9.44. The lowest BCUT2D eigenvalue weighted by Gasteiger charge is -2.23. The highest BCUT2D eigenvalue weighted by Crippen LogP contribution is 2.15. The highest BCUT2D eigenvalue weighted by atomic mass is 19.4. The molecule has 0 spiro atoms.